The minimum absolute atomic E-state index is 0.110. The van der Waals surface area contributed by atoms with Gasteiger partial charge in [0.25, 0.3) is 0 Å². The van der Waals surface area contributed by atoms with Crippen LogP contribution in [0.25, 0.3) is 0 Å². The zero-order valence-electron chi connectivity index (χ0n) is 14.9. The first-order valence-corrected chi connectivity index (χ1v) is 12.6. The number of rotatable bonds is 11. The Bertz CT molecular complexity index is 532. The molecular formula is C18H25Cl5S2. The molecular weight excluding hydrogens is 458 g/mol. The largest absolute Gasteiger partial charge is 0.0826 e. The van der Waals surface area contributed by atoms with Gasteiger partial charge < -0.3 is 0 Å². The molecule has 1 rings (SSSR count). The minimum Gasteiger partial charge on any atom is -0.0826 e. The Labute approximate surface area is 185 Å². The Kier molecular flexibility index (Phi) is 11.8. The molecule has 0 saturated heterocycles. The zero-order valence-corrected chi connectivity index (χ0v) is 20.3. The van der Waals surface area contributed by atoms with Crippen molar-refractivity contribution in [3.63, 3.8) is 0 Å². The topological polar surface area (TPSA) is 0 Å². The molecule has 0 heterocycles. The van der Waals surface area contributed by atoms with Gasteiger partial charge in [0.1, 0.15) is 0 Å². The molecule has 144 valence electrons. The monoisotopic (exact) mass is 480 g/mol. The molecule has 0 aliphatic carbocycles. The number of hydrogen-bond donors (Lipinski definition) is 0. The third-order valence-electron chi connectivity index (χ3n) is 3.90. The Morgan fingerprint density at radius 2 is 1.12 bits per heavy atom. The maximum Gasteiger partial charge on any atom is 0.0809 e. The van der Waals surface area contributed by atoms with Gasteiger partial charge in [0.15, 0.2) is 0 Å². The van der Waals surface area contributed by atoms with Gasteiger partial charge in [-0.2, -0.15) is 0 Å². The lowest BCUT2D eigenvalue weighted by Crippen LogP contribution is -2.12. The van der Waals surface area contributed by atoms with Gasteiger partial charge in [-0.1, -0.05) is 131 Å². The van der Waals surface area contributed by atoms with Crippen molar-refractivity contribution < 1.29 is 0 Å². The van der Waals surface area contributed by atoms with E-state index < -0.39 is 0 Å². The molecule has 0 radical (unpaired) electrons. The van der Waals surface area contributed by atoms with Gasteiger partial charge in [0.2, 0.25) is 0 Å². The molecule has 0 unspecified atom stereocenters. The van der Waals surface area contributed by atoms with E-state index in [0.717, 1.165) is 6.42 Å². The summed E-state index contributed by atoms with van der Waals surface area (Å²) in [5, 5.41) is 1.45. The Morgan fingerprint density at radius 1 is 0.680 bits per heavy atom. The van der Waals surface area contributed by atoms with Gasteiger partial charge >= 0.3 is 0 Å². The van der Waals surface area contributed by atoms with Crippen molar-refractivity contribution in [2.45, 2.75) is 81.8 Å². The molecule has 7 heteroatoms. The van der Waals surface area contributed by atoms with Gasteiger partial charge in [-0.3, -0.25) is 0 Å². The summed E-state index contributed by atoms with van der Waals surface area (Å²) in [6.45, 7) is 6.72. The van der Waals surface area contributed by atoms with E-state index in [4.69, 9.17) is 58.0 Å². The molecule has 25 heavy (non-hydrogen) atoms. The lowest BCUT2D eigenvalue weighted by Gasteiger charge is -2.24. The van der Waals surface area contributed by atoms with Gasteiger partial charge in [-0.25, -0.2) is 0 Å². The molecule has 1 aromatic carbocycles. The van der Waals surface area contributed by atoms with E-state index in [-0.39, 0.29) is 19.8 Å². The van der Waals surface area contributed by atoms with Crippen LogP contribution < -0.4 is 0 Å². The lowest BCUT2D eigenvalue weighted by molar-refractivity contribution is 0.538. The maximum atomic E-state index is 6.30. The number of halogens is 5. The molecule has 0 amide bonds. The van der Waals surface area contributed by atoms with Gasteiger partial charge in [0, 0.05) is 4.75 Å². The van der Waals surface area contributed by atoms with E-state index in [1.165, 1.54) is 55.7 Å². The van der Waals surface area contributed by atoms with Crippen molar-refractivity contribution in [2.24, 2.45) is 0 Å². The van der Waals surface area contributed by atoms with E-state index in [1.54, 1.807) is 10.8 Å². The fourth-order valence-electron chi connectivity index (χ4n) is 2.36. The van der Waals surface area contributed by atoms with E-state index in [2.05, 4.69) is 20.8 Å². The lowest BCUT2D eigenvalue weighted by atomic mass is 10.0. The second-order valence-electron chi connectivity index (χ2n) is 6.70. The summed E-state index contributed by atoms with van der Waals surface area (Å²) < 4.78 is 0.110. The van der Waals surface area contributed by atoms with E-state index >= 15 is 0 Å². The van der Waals surface area contributed by atoms with Gasteiger partial charge in [-0.05, 0) is 20.3 Å². The van der Waals surface area contributed by atoms with Crippen LogP contribution in [-0.2, 0) is 0 Å². The maximum absolute atomic E-state index is 6.30. The van der Waals surface area contributed by atoms with E-state index in [1.807, 2.05) is 0 Å². The van der Waals surface area contributed by atoms with E-state index in [9.17, 15) is 0 Å². The fourth-order valence-corrected chi connectivity index (χ4v) is 6.68. The second-order valence-corrected chi connectivity index (χ2v) is 11.4. The highest BCUT2D eigenvalue weighted by molar-refractivity contribution is 8.77. The molecule has 1 aromatic rings. The third-order valence-corrected chi connectivity index (χ3v) is 9.82. The molecule has 0 bridgehead atoms. The molecule has 0 fully saturated rings. The van der Waals surface area contributed by atoms with Crippen molar-refractivity contribution in [1.29, 1.82) is 0 Å². The molecule has 0 N–H and O–H groups in total. The van der Waals surface area contributed by atoms with Crippen molar-refractivity contribution in [3.8, 4) is 0 Å². The first-order valence-electron chi connectivity index (χ1n) is 8.58. The number of hydrogen-bond acceptors (Lipinski definition) is 2. The highest BCUT2D eigenvalue weighted by Crippen LogP contribution is 2.53. The molecule has 0 aliphatic rings. The quantitative estimate of drug-likeness (QED) is 0.133. The van der Waals surface area contributed by atoms with Crippen LogP contribution in [-0.4, -0.2) is 4.75 Å². The first kappa shape index (κ1) is 24.4. The van der Waals surface area contributed by atoms with Gasteiger partial charge in [0.05, 0.1) is 30.0 Å². The standard InChI is InChI=1S/C18H25Cl5S2/c1-4-5-6-7-8-9-10-11-18(2,3)25-24-17-15(22)13(20)12(19)14(21)16(17)23/h4-11H2,1-3H3. The Balaban J connectivity index is 2.51. The smallest absolute Gasteiger partial charge is 0.0809 e. The summed E-state index contributed by atoms with van der Waals surface area (Å²) in [4.78, 5) is 0.681. The van der Waals surface area contributed by atoms with Crippen LogP contribution in [0, 0.1) is 0 Å². The van der Waals surface area contributed by atoms with Crippen molar-refractivity contribution >= 4 is 79.6 Å². The summed E-state index contributed by atoms with van der Waals surface area (Å²) in [6, 6.07) is 0. The molecule has 0 saturated carbocycles. The van der Waals surface area contributed by atoms with Crippen molar-refractivity contribution in [3.05, 3.63) is 25.1 Å². The predicted octanol–water partition coefficient (Wildman–Crippen LogP) is 10.6. The minimum atomic E-state index is 0.110. The molecule has 0 aliphatic heterocycles. The summed E-state index contributed by atoms with van der Waals surface area (Å²) in [5.74, 6) is 0. The highest BCUT2D eigenvalue weighted by Gasteiger charge is 2.24. The van der Waals surface area contributed by atoms with Crippen LogP contribution in [0.1, 0.15) is 72.1 Å². The van der Waals surface area contributed by atoms with Crippen LogP contribution in [0.3, 0.4) is 0 Å². The SMILES string of the molecule is CCCCCCCCCC(C)(C)SSc1c(Cl)c(Cl)c(Cl)c(Cl)c1Cl. The van der Waals surface area contributed by atoms with E-state index in [0.29, 0.717) is 14.9 Å². The zero-order chi connectivity index (χ0) is 19.0. The molecule has 0 nitrogen and oxygen atoms in total. The predicted molar refractivity (Wildman–Crippen MR) is 122 cm³/mol. The molecule has 0 atom stereocenters. The Hall–Kier alpha value is 1.37. The average molecular weight is 483 g/mol. The van der Waals surface area contributed by atoms with Gasteiger partial charge in [-0.15, -0.1) is 0 Å². The summed E-state index contributed by atoms with van der Waals surface area (Å²) in [5.41, 5.74) is 0. The Morgan fingerprint density at radius 3 is 1.64 bits per heavy atom. The third kappa shape index (κ3) is 8.10. The summed E-state index contributed by atoms with van der Waals surface area (Å²) >= 11 is 30.9. The van der Waals surface area contributed by atoms with Crippen LogP contribution in [0.5, 0.6) is 0 Å². The van der Waals surface area contributed by atoms with Crippen LogP contribution in [0.2, 0.25) is 25.1 Å². The second kappa shape index (κ2) is 12.0. The summed E-state index contributed by atoms with van der Waals surface area (Å²) in [6.07, 6.45) is 10.4. The average Bonchev–Trinajstić information content (AvgIpc) is 2.57. The van der Waals surface area contributed by atoms with Crippen LogP contribution in [0.15, 0.2) is 4.90 Å². The highest BCUT2D eigenvalue weighted by atomic mass is 35.5. The number of benzene rings is 1. The van der Waals surface area contributed by atoms with Crippen molar-refractivity contribution in [1.82, 2.24) is 0 Å². The van der Waals surface area contributed by atoms with Crippen LogP contribution in [0.4, 0.5) is 0 Å². The van der Waals surface area contributed by atoms with Crippen molar-refractivity contribution in [2.75, 3.05) is 0 Å². The molecule has 0 aromatic heterocycles. The van der Waals surface area contributed by atoms with Crippen LogP contribution >= 0.6 is 79.6 Å². The summed E-state index contributed by atoms with van der Waals surface area (Å²) in [7, 11) is 3.26. The number of unbranched alkanes of at least 4 members (excludes halogenated alkanes) is 6. The fraction of sp³-hybridized carbons (Fsp3) is 0.667. The normalized spacial score (nSPS) is 12.0. The first-order chi connectivity index (χ1) is 11.7. The molecule has 0 spiro atoms.